The highest BCUT2D eigenvalue weighted by atomic mass is 28.4. The average Bonchev–Trinajstić information content (AvgIpc) is 2.14. The van der Waals surface area contributed by atoms with Crippen molar-refractivity contribution in [1.82, 2.24) is 0 Å². The zero-order chi connectivity index (χ0) is 10.6. The number of allylic oxidation sites excluding steroid dienone is 1. The predicted molar refractivity (Wildman–Crippen MR) is 64.5 cm³/mol. The molecule has 0 bridgehead atoms. The largest absolute Gasteiger partial charge is 0.549 e. The number of benzene rings is 1. The molecule has 1 nitrogen and oxygen atoms in total. The summed E-state index contributed by atoms with van der Waals surface area (Å²) in [5, 5.41) is 0. The van der Waals surface area contributed by atoms with E-state index in [1.54, 1.807) is 0 Å². The van der Waals surface area contributed by atoms with Crippen molar-refractivity contribution in [3.8, 4) is 0 Å². The third kappa shape index (κ3) is 3.79. The van der Waals surface area contributed by atoms with Gasteiger partial charge in [-0.3, -0.25) is 0 Å². The van der Waals surface area contributed by atoms with Gasteiger partial charge in [-0.15, -0.1) is 0 Å². The minimum Gasteiger partial charge on any atom is -0.549 e. The third-order valence-corrected chi connectivity index (χ3v) is 2.64. The first kappa shape index (κ1) is 11.1. The first-order chi connectivity index (χ1) is 6.49. The summed E-state index contributed by atoms with van der Waals surface area (Å²) in [6.07, 6.45) is 1.89. The van der Waals surface area contributed by atoms with E-state index in [9.17, 15) is 0 Å². The van der Waals surface area contributed by atoms with Gasteiger partial charge in [0.25, 0.3) is 0 Å². The van der Waals surface area contributed by atoms with Crippen molar-refractivity contribution in [2.45, 2.75) is 26.6 Å². The molecule has 0 amide bonds. The van der Waals surface area contributed by atoms with Gasteiger partial charge in [0.2, 0.25) is 8.32 Å². The first-order valence-corrected chi connectivity index (χ1v) is 8.30. The predicted octanol–water partition coefficient (Wildman–Crippen LogP) is 3.90. The molecule has 76 valence electrons. The molecule has 14 heavy (non-hydrogen) atoms. The van der Waals surface area contributed by atoms with E-state index in [1.807, 2.05) is 24.5 Å². The molecule has 0 N–H and O–H groups in total. The fourth-order valence-corrected chi connectivity index (χ4v) is 1.56. The number of hydrogen-bond donors (Lipinski definition) is 0. The quantitative estimate of drug-likeness (QED) is 0.538. The second-order valence-electron chi connectivity index (χ2n) is 4.40. The van der Waals surface area contributed by atoms with Crippen LogP contribution in [0.25, 0.3) is 5.57 Å². The second kappa shape index (κ2) is 4.47. The maximum Gasteiger partial charge on any atom is 0.241 e. The van der Waals surface area contributed by atoms with Crippen LogP contribution in [0.1, 0.15) is 12.5 Å². The summed E-state index contributed by atoms with van der Waals surface area (Å²) in [5.74, 6) is 0. The van der Waals surface area contributed by atoms with Crippen LogP contribution in [-0.4, -0.2) is 8.32 Å². The molecule has 0 spiro atoms. The van der Waals surface area contributed by atoms with Gasteiger partial charge in [-0.05, 0) is 37.7 Å². The van der Waals surface area contributed by atoms with Crippen molar-refractivity contribution < 1.29 is 4.43 Å². The molecule has 0 saturated carbocycles. The topological polar surface area (TPSA) is 9.23 Å². The zero-order valence-corrected chi connectivity index (χ0v) is 10.4. The molecular weight excluding hydrogens is 188 g/mol. The summed E-state index contributed by atoms with van der Waals surface area (Å²) in [6.45, 7) is 8.63. The Hall–Kier alpha value is -1.02. The fourth-order valence-electron chi connectivity index (χ4n) is 1.03. The smallest absolute Gasteiger partial charge is 0.241 e. The minimum atomic E-state index is -1.43. The Bertz CT molecular complexity index is 309. The van der Waals surface area contributed by atoms with Crippen LogP contribution in [0.3, 0.4) is 0 Å². The molecule has 1 aromatic rings. The Morgan fingerprint density at radius 1 is 1.14 bits per heavy atom. The molecule has 0 aromatic heterocycles. The lowest BCUT2D eigenvalue weighted by Gasteiger charge is -2.16. The van der Waals surface area contributed by atoms with E-state index < -0.39 is 8.32 Å². The summed E-state index contributed by atoms with van der Waals surface area (Å²) in [4.78, 5) is 0. The van der Waals surface area contributed by atoms with Gasteiger partial charge in [-0.2, -0.15) is 0 Å². The number of hydrogen-bond acceptors (Lipinski definition) is 1. The van der Waals surface area contributed by atoms with Crippen molar-refractivity contribution in [1.29, 1.82) is 0 Å². The van der Waals surface area contributed by atoms with Crippen LogP contribution in [0, 0.1) is 0 Å². The molecular formula is C12H18OSi. The van der Waals surface area contributed by atoms with E-state index in [2.05, 4.69) is 38.7 Å². The van der Waals surface area contributed by atoms with Crippen molar-refractivity contribution in [3.05, 3.63) is 42.2 Å². The summed E-state index contributed by atoms with van der Waals surface area (Å²) in [5.41, 5.74) is 2.42. The maximum atomic E-state index is 5.72. The van der Waals surface area contributed by atoms with Crippen LogP contribution < -0.4 is 0 Å². The summed E-state index contributed by atoms with van der Waals surface area (Å²) >= 11 is 0. The van der Waals surface area contributed by atoms with E-state index in [0.717, 1.165) is 0 Å². The lowest BCUT2D eigenvalue weighted by atomic mass is 10.1. The van der Waals surface area contributed by atoms with E-state index in [1.165, 1.54) is 11.1 Å². The first-order valence-electron chi connectivity index (χ1n) is 4.89. The Morgan fingerprint density at radius 3 is 2.21 bits per heavy atom. The lowest BCUT2D eigenvalue weighted by molar-refractivity contribution is 0.481. The van der Waals surface area contributed by atoms with Gasteiger partial charge in [0.15, 0.2) is 0 Å². The fraction of sp³-hybridized carbons (Fsp3) is 0.333. The molecule has 0 radical (unpaired) electrons. The van der Waals surface area contributed by atoms with Crippen molar-refractivity contribution in [2.24, 2.45) is 0 Å². The molecule has 1 rings (SSSR count). The highest BCUT2D eigenvalue weighted by Crippen LogP contribution is 2.14. The summed E-state index contributed by atoms with van der Waals surface area (Å²) < 4.78 is 5.72. The highest BCUT2D eigenvalue weighted by Gasteiger charge is 2.13. The molecule has 2 heteroatoms. The highest BCUT2D eigenvalue weighted by molar-refractivity contribution is 6.69. The molecule has 0 saturated heterocycles. The maximum absolute atomic E-state index is 5.72. The van der Waals surface area contributed by atoms with Crippen LogP contribution in [0.5, 0.6) is 0 Å². The van der Waals surface area contributed by atoms with Crippen LogP contribution in [0.15, 0.2) is 36.6 Å². The van der Waals surface area contributed by atoms with E-state index in [0.29, 0.717) is 0 Å². The van der Waals surface area contributed by atoms with Crippen LogP contribution >= 0.6 is 0 Å². The Kier molecular flexibility index (Phi) is 3.53. The lowest BCUT2D eigenvalue weighted by Crippen LogP contribution is -2.22. The van der Waals surface area contributed by atoms with Crippen LogP contribution in [-0.2, 0) is 4.43 Å². The van der Waals surface area contributed by atoms with Gasteiger partial charge in [-0.25, -0.2) is 0 Å². The molecule has 0 aliphatic rings. The summed E-state index contributed by atoms with van der Waals surface area (Å²) in [7, 11) is -1.43. The zero-order valence-electron chi connectivity index (χ0n) is 9.37. The van der Waals surface area contributed by atoms with E-state index >= 15 is 0 Å². The molecule has 0 aliphatic carbocycles. The standard InChI is InChI=1S/C12H18OSi/c1-11(10-13-14(2,3)4)12-8-6-5-7-9-12/h5-10H,1-4H3/b11-10+. The Labute approximate surface area is 87.5 Å². The third-order valence-electron chi connectivity index (χ3n) is 1.82. The van der Waals surface area contributed by atoms with Crippen molar-refractivity contribution in [3.63, 3.8) is 0 Å². The normalized spacial score (nSPS) is 12.7. The molecule has 0 unspecified atom stereocenters. The Morgan fingerprint density at radius 2 is 1.71 bits per heavy atom. The van der Waals surface area contributed by atoms with Gasteiger partial charge in [0.1, 0.15) is 0 Å². The molecule has 1 aromatic carbocycles. The second-order valence-corrected chi connectivity index (χ2v) is 8.86. The molecule has 0 aliphatic heterocycles. The van der Waals surface area contributed by atoms with E-state index in [-0.39, 0.29) is 0 Å². The van der Waals surface area contributed by atoms with Crippen molar-refractivity contribution >= 4 is 13.9 Å². The number of rotatable bonds is 3. The SMILES string of the molecule is C/C(=C\O[Si](C)(C)C)c1ccccc1. The summed E-state index contributed by atoms with van der Waals surface area (Å²) in [6, 6.07) is 10.3. The van der Waals surface area contributed by atoms with Crippen LogP contribution in [0.2, 0.25) is 19.6 Å². The minimum absolute atomic E-state index is 1.19. The van der Waals surface area contributed by atoms with Gasteiger partial charge in [0.05, 0.1) is 6.26 Å². The average molecular weight is 206 g/mol. The van der Waals surface area contributed by atoms with Gasteiger partial charge < -0.3 is 4.43 Å². The van der Waals surface area contributed by atoms with Crippen molar-refractivity contribution in [2.75, 3.05) is 0 Å². The van der Waals surface area contributed by atoms with Gasteiger partial charge >= 0.3 is 0 Å². The molecule has 0 fully saturated rings. The van der Waals surface area contributed by atoms with Gasteiger partial charge in [-0.1, -0.05) is 30.3 Å². The molecule has 0 atom stereocenters. The van der Waals surface area contributed by atoms with Gasteiger partial charge in [0, 0.05) is 0 Å². The van der Waals surface area contributed by atoms with Crippen LogP contribution in [0.4, 0.5) is 0 Å². The Balaban J connectivity index is 2.71. The molecule has 0 heterocycles. The monoisotopic (exact) mass is 206 g/mol. The van der Waals surface area contributed by atoms with E-state index in [4.69, 9.17) is 4.43 Å².